The van der Waals surface area contributed by atoms with E-state index in [0.717, 1.165) is 5.75 Å². The second-order valence-corrected chi connectivity index (χ2v) is 5.37. The van der Waals surface area contributed by atoms with Crippen LogP contribution in [0.5, 0.6) is 11.5 Å². The number of carboxylic acids is 1. The number of hydrogen-bond acceptors (Lipinski definition) is 4. The number of hydrogen-bond donors (Lipinski definition) is 1. The Labute approximate surface area is 137 Å². The van der Waals surface area contributed by atoms with Crippen molar-refractivity contribution >= 4 is 11.9 Å². The Balaban J connectivity index is 2.35. The Morgan fingerprint density at radius 3 is 2.17 bits per heavy atom. The number of nitrogens with zero attached hydrogens (tertiary/aromatic N) is 1. The van der Waals surface area contributed by atoms with E-state index in [2.05, 4.69) is 0 Å². The third kappa shape index (κ3) is 7.04. The summed E-state index contributed by atoms with van der Waals surface area (Å²) in [6, 6.07) is 7.16. The lowest BCUT2D eigenvalue weighted by atomic mass is 10.2. The zero-order chi connectivity index (χ0) is 17.2. The molecule has 0 spiro atoms. The molecule has 0 atom stereocenters. The molecule has 0 bridgehead atoms. The van der Waals surface area contributed by atoms with Crippen LogP contribution in [0.2, 0.25) is 0 Å². The molecule has 1 rings (SSSR count). The van der Waals surface area contributed by atoms with E-state index in [-0.39, 0.29) is 24.9 Å². The third-order valence-electron chi connectivity index (χ3n) is 3.19. The molecule has 1 amide bonds. The predicted molar refractivity (Wildman–Crippen MR) is 86.8 cm³/mol. The van der Waals surface area contributed by atoms with E-state index in [4.69, 9.17) is 14.6 Å². The first-order valence-corrected chi connectivity index (χ1v) is 7.81. The monoisotopic (exact) mass is 323 g/mol. The summed E-state index contributed by atoms with van der Waals surface area (Å²) < 4.78 is 10.9. The van der Waals surface area contributed by atoms with Gasteiger partial charge in [0.1, 0.15) is 18.0 Å². The summed E-state index contributed by atoms with van der Waals surface area (Å²) >= 11 is 0. The van der Waals surface area contributed by atoms with Crippen LogP contribution in [0.25, 0.3) is 0 Å². The standard InChI is InChI=1S/C17H25NO5/c1-4-22-14-7-9-15(10-8-14)23-11-5-6-16(19)18(13(2)3)12-17(20)21/h7-10,13H,4-6,11-12H2,1-3H3,(H,20,21). The van der Waals surface area contributed by atoms with Crippen LogP contribution in [0.15, 0.2) is 24.3 Å². The van der Waals surface area contributed by atoms with Crippen molar-refractivity contribution in [3.05, 3.63) is 24.3 Å². The number of amides is 1. The van der Waals surface area contributed by atoms with E-state index in [1.165, 1.54) is 4.90 Å². The molecule has 0 aliphatic rings. The Kier molecular flexibility index (Phi) is 7.94. The maximum absolute atomic E-state index is 12.0. The van der Waals surface area contributed by atoms with Crippen LogP contribution in [-0.2, 0) is 9.59 Å². The van der Waals surface area contributed by atoms with E-state index in [0.29, 0.717) is 25.4 Å². The molecule has 0 saturated heterocycles. The first-order valence-electron chi connectivity index (χ1n) is 7.81. The second-order valence-electron chi connectivity index (χ2n) is 5.37. The Morgan fingerprint density at radius 2 is 1.70 bits per heavy atom. The molecule has 0 unspecified atom stereocenters. The van der Waals surface area contributed by atoms with Crippen molar-refractivity contribution in [3.63, 3.8) is 0 Å². The maximum Gasteiger partial charge on any atom is 0.323 e. The Bertz CT molecular complexity index is 498. The van der Waals surface area contributed by atoms with E-state index in [1.807, 2.05) is 31.2 Å². The highest BCUT2D eigenvalue weighted by Crippen LogP contribution is 2.17. The SMILES string of the molecule is CCOc1ccc(OCCCC(=O)N(CC(=O)O)C(C)C)cc1. The van der Waals surface area contributed by atoms with Crippen LogP contribution in [0, 0.1) is 0 Å². The molecule has 0 radical (unpaired) electrons. The van der Waals surface area contributed by atoms with E-state index < -0.39 is 5.97 Å². The van der Waals surface area contributed by atoms with Crippen molar-refractivity contribution in [2.45, 2.75) is 39.7 Å². The molecule has 0 aliphatic heterocycles. The summed E-state index contributed by atoms with van der Waals surface area (Å²) in [5.41, 5.74) is 0. The number of ether oxygens (including phenoxy) is 2. The quantitative estimate of drug-likeness (QED) is 0.670. The molecule has 0 aromatic heterocycles. The van der Waals surface area contributed by atoms with Crippen LogP contribution in [0.1, 0.15) is 33.6 Å². The summed E-state index contributed by atoms with van der Waals surface area (Å²) in [6.45, 7) is 6.28. The molecule has 1 aromatic carbocycles. The molecule has 6 nitrogen and oxygen atoms in total. The fourth-order valence-electron chi connectivity index (χ4n) is 2.06. The van der Waals surface area contributed by atoms with Gasteiger partial charge in [-0.1, -0.05) is 0 Å². The highest BCUT2D eigenvalue weighted by atomic mass is 16.5. The first-order chi connectivity index (χ1) is 10.9. The normalized spacial score (nSPS) is 10.4. The summed E-state index contributed by atoms with van der Waals surface area (Å²) in [5, 5.41) is 8.83. The van der Waals surface area contributed by atoms with Gasteiger partial charge in [0, 0.05) is 12.5 Å². The number of carboxylic acid groups (broad SMARTS) is 1. The predicted octanol–water partition coefficient (Wildman–Crippen LogP) is 2.57. The van der Waals surface area contributed by atoms with Crippen LogP contribution in [0.4, 0.5) is 0 Å². The van der Waals surface area contributed by atoms with Crippen LogP contribution >= 0.6 is 0 Å². The van der Waals surface area contributed by atoms with Gasteiger partial charge in [0.25, 0.3) is 0 Å². The minimum absolute atomic E-state index is 0.134. The largest absolute Gasteiger partial charge is 0.494 e. The molecule has 6 heteroatoms. The minimum Gasteiger partial charge on any atom is -0.494 e. The van der Waals surface area contributed by atoms with Crippen LogP contribution in [-0.4, -0.2) is 47.7 Å². The van der Waals surface area contributed by atoms with E-state index >= 15 is 0 Å². The number of benzene rings is 1. The smallest absolute Gasteiger partial charge is 0.323 e. The Hall–Kier alpha value is -2.24. The van der Waals surface area contributed by atoms with Gasteiger partial charge in [-0.25, -0.2) is 0 Å². The second kappa shape index (κ2) is 9.71. The lowest BCUT2D eigenvalue weighted by molar-refractivity contribution is -0.145. The van der Waals surface area contributed by atoms with Gasteiger partial charge >= 0.3 is 5.97 Å². The molecule has 0 aliphatic carbocycles. The minimum atomic E-state index is -1.00. The van der Waals surface area contributed by atoms with E-state index in [1.54, 1.807) is 13.8 Å². The molecule has 1 N–H and O–H groups in total. The topological polar surface area (TPSA) is 76.1 Å². The maximum atomic E-state index is 12.0. The number of carbonyl (C=O) groups excluding carboxylic acids is 1. The van der Waals surface area contributed by atoms with Crippen LogP contribution in [0.3, 0.4) is 0 Å². The lowest BCUT2D eigenvalue weighted by Gasteiger charge is -2.24. The fourth-order valence-corrected chi connectivity index (χ4v) is 2.06. The first kappa shape index (κ1) is 18.8. The molecular weight excluding hydrogens is 298 g/mol. The van der Waals surface area contributed by atoms with Gasteiger partial charge in [-0.05, 0) is 51.5 Å². The summed E-state index contributed by atoms with van der Waals surface area (Å²) in [6.07, 6.45) is 0.803. The number of rotatable bonds is 10. The molecule has 0 fully saturated rings. The lowest BCUT2D eigenvalue weighted by Crippen LogP contribution is -2.40. The average molecular weight is 323 g/mol. The molecular formula is C17H25NO5. The van der Waals surface area contributed by atoms with Crippen LogP contribution < -0.4 is 9.47 Å². The van der Waals surface area contributed by atoms with E-state index in [9.17, 15) is 9.59 Å². The van der Waals surface area contributed by atoms with Gasteiger partial charge in [-0.2, -0.15) is 0 Å². The molecule has 23 heavy (non-hydrogen) atoms. The average Bonchev–Trinajstić information content (AvgIpc) is 2.50. The van der Waals surface area contributed by atoms with Crippen molar-refractivity contribution < 1.29 is 24.2 Å². The summed E-state index contributed by atoms with van der Waals surface area (Å²) in [7, 11) is 0. The molecule has 1 aromatic rings. The highest BCUT2D eigenvalue weighted by Gasteiger charge is 2.19. The number of carbonyl (C=O) groups is 2. The van der Waals surface area contributed by atoms with Gasteiger partial charge in [-0.15, -0.1) is 0 Å². The van der Waals surface area contributed by atoms with Gasteiger partial charge in [0.15, 0.2) is 0 Å². The van der Waals surface area contributed by atoms with Crippen molar-refractivity contribution in [1.82, 2.24) is 4.90 Å². The van der Waals surface area contributed by atoms with Gasteiger partial charge in [-0.3, -0.25) is 9.59 Å². The van der Waals surface area contributed by atoms with Gasteiger partial charge in [0.05, 0.1) is 13.2 Å². The molecule has 0 saturated carbocycles. The van der Waals surface area contributed by atoms with Gasteiger partial charge < -0.3 is 19.5 Å². The van der Waals surface area contributed by atoms with Crippen molar-refractivity contribution in [1.29, 1.82) is 0 Å². The third-order valence-corrected chi connectivity index (χ3v) is 3.19. The fraction of sp³-hybridized carbons (Fsp3) is 0.529. The number of aliphatic carboxylic acids is 1. The van der Waals surface area contributed by atoms with Crippen molar-refractivity contribution in [2.75, 3.05) is 19.8 Å². The van der Waals surface area contributed by atoms with Gasteiger partial charge in [0.2, 0.25) is 5.91 Å². The molecule has 128 valence electrons. The zero-order valence-electron chi connectivity index (χ0n) is 13.9. The zero-order valence-corrected chi connectivity index (χ0v) is 13.9. The highest BCUT2D eigenvalue weighted by molar-refractivity contribution is 5.81. The summed E-state index contributed by atoms with van der Waals surface area (Å²) in [4.78, 5) is 24.2. The molecule has 0 heterocycles. The van der Waals surface area contributed by atoms with Crippen molar-refractivity contribution in [3.8, 4) is 11.5 Å². The van der Waals surface area contributed by atoms with Crippen molar-refractivity contribution in [2.24, 2.45) is 0 Å². The Morgan fingerprint density at radius 1 is 1.13 bits per heavy atom. The summed E-state index contributed by atoms with van der Waals surface area (Å²) in [5.74, 6) is 0.332.